The molecule has 1 unspecified atom stereocenters. The fourth-order valence-electron chi connectivity index (χ4n) is 8.10. The maximum absolute atomic E-state index is 14.1. The molecular weight excluding hydrogens is 647 g/mol. The Kier molecular flexibility index (Phi) is 14.1. The monoisotopic (exact) mass is 703 g/mol. The molecule has 8 atom stereocenters. The molecule has 2 saturated heterocycles. The van der Waals surface area contributed by atoms with Crippen LogP contribution in [-0.4, -0.2) is 107 Å². The largest absolute Gasteiger partial charge is 0.465 e. The molecule has 47 heavy (non-hydrogen) atoms. The SMILES string of the molecule is C.CC[C@H]1C=CCC[C@@]2(C[C@@H]3CC[C@@H]4C(C(=O)OCCC(=O)N(CCCNCl)C[C@@H](O)CCNCl)[C@]5(CCC[C@@H](C)O5)NC(=[N+]34)N2)O1. The fraction of sp³-hybridized carbons (Fsp3) is 0.848. The molecule has 0 aromatic rings. The molecule has 0 saturated carbocycles. The predicted molar refractivity (Wildman–Crippen MR) is 182 cm³/mol. The van der Waals surface area contributed by atoms with Crippen LogP contribution in [0, 0.1) is 5.92 Å². The van der Waals surface area contributed by atoms with Crippen molar-refractivity contribution in [1.82, 2.24) is 25.2 Å². The van der Waals surface area contributed by atoms with Gasteiger partial charge in [-0.25, -0.2) is 20.3 Å². The van der Waals surface area contributed by atoms with Crippen molar-refractivity contribution >= 4 is 41.4 Å². The van der Waals surface area contributed by atoms with Gasteiger partial charge in [-0.3, -0.25) is 14.2 Å². The standard InChI is InChI=1S/C32H52Cl2N6O6.CH4/c1-3-25-9-4-5-14-31(46-25)20-23-10-11-26-28(32(15-6-8-22(2)45-32)38-30(37-31)40(23)26)29(43)44-19-13-27(42)39(18-7-16-35-33)21-24(41)12-17-36-34;/h4,9,22-26,28,35-36,41H,3,5-8,10-21H2,1-2H3,(H,37,38);1H4/p+1/t22-,23+,24+,25+,26-,28?,31+,32-;/m1./s1. The highest BCUT2D eigenvalue weighted by molar-refractivity contribution is 6.13. The van der Waals surface area contributed by atoms with Gasteiger partial charge in [0.15, 0.2) is 11.6 Å². The summed E-state index contributed by atoms with van der Waals surface area (Å²) in [5, 5.41) is 17.9. The van der Waals surface area contributed by atoms with Crippen molar-refractivity contribution in [3.8, 4) is 0 Å². The van der Waals surface area contributed by atoms with Crippen molar-refractivity contribution < 1.29 is 33.5 Å². The van der Waals surface area contributed by atoms with Crippen molar-refractivity contribution in [2.24, 2.45) is 5.92 Å². The van der Waals surface area contributed by atoms with Gasteiger partial charge in [0, 0.05) is 45.4 Å². The Morgan fingerprint density at radius 3 is 2.74 bits per heavy atom. The highest BCUT2D eigenvalue weighted by Gasteiger charge is 2.64. The summed E-state index contributed by atoms with van der Waals surface area (Å²) >= 11 is 11.2. The summed E-state index contributed by atoms with van der Waals surface area (Å²) in [4.78, 5) is 34.0. The van der Waals surface area contributed by atoms with Gasteiger partial charge in [0.1, 0.15) is 6.61 Å². The van der Waals surface area contributed by atoms with Crippen LogP contribution >= 0.6 is 23.6 Å². The number of aliphatic hydroxyl groups excluding tert-OH is 1. The zero-order chi connectivity index (χ0) is 32.7. The summed E-state index contributed by atoms with van der Waals surface area (Å²) in [6, 6.07) is 0.145. The summed E-state index contributed by atoms with van der Waals surface area (Å²) in [6.07, 6.45) is 12.7. The number of aliphatic hydroxyl groups is 1. The van der Waals surface area contributed by atoms with E-state index in [-0.39, 0.29) is 63.2 Å². The first-order valence-electron chi connectivity index (χ1n) is 17.3. The Bertz CT molecular complexity index is 1130. The second-order valence-electron chi connectivity index (χ2n) is 13.5. The number of hydrogen-bond acceptors (Lipinski definition) is 10. The maximum Gasteiger partial charge on any atom is 0.350 e. The van der Waals surface area contributed by atoms with Crippen LogP contribution in [0.5, 0.6) is 0 Å². The van der Waals surface area contributed by atoms with Crippen molar-refractivity contribution in [2.75, 3.05) is 32.8 Å². The summed E-state index contributed by atoms with van der Waals surface area (Å²) in [5.74, 6) is -0.184. The molecule has 1 amide bonds. The lowest BCUT2D eigenvalue weighted by atomic mass is 9.80. The third-order valence-corrected chi connectivity index (χ3v) is 10.6. The summed E-state index contributed by atoms with van der Waals surface area (Å²) < 4.78 is 21.7. The molecule has 0 bridgehead atoms. The van der Waals surface area contributed by atoms with E-state index in [2.05, 4.69) is 50.9 Å². The van der Waals surface area contributed by atoms with Crippen LogP contribution in [0.2, 0.25) is 0 Å². The molecule has 14 heteroatoms. The minimum Gasteiger partial charge on any atom is -0.465 e. The first-order valence-corrected chi connectivity index (χ1v) is 18.0. The molecule has 0 aliphatic carbocycles. The van der Waals surface area contributed by atoms with Gasteiger partial charge in [-0.1, -0.05) is 26.5 Å². The quantitative estimate of drug-likeness (QED) is 0.0603. The van der Waals surface area contributed by atoms with Crippen molar-refractivity contribution in [3.05, 3.63) is 12.2 Å². The lowest BCUT2D eigenvalue weighted by Gasteiger charge is -2.50. The van der Waals surface area contributed by atoms with E-state index in [0.717, 1.165) is 57.3 Å². The number of ether oxygens (including phenoxy) is 3. The Morgan fingerprint density at radius 2 is 2.00 bits per heavy atom. The fourth-order valence-corrected chi connectivity index (χ4v) is 8.35. The number of rotatable bonds is 14. The van der Waals surface area contributed by atoms with Crippen LogP contribution in [0.25, 0.3) is 0 Å². The number of carbonyl (C=O) groups excluding carboxylic acids is 2. The minimum absolute atomic E-state index is 0. The zero-order valence-corrected chi connectivity index (χ0v) is 28.8. The number of halogens is 2. The normalized spacial score (nSPS) is 33.3. The number of hydrogen-bond donors (Lipinski definition) is 5. The van der Waals surface area contributed by atoms with Crippen LogP contribution in [0.1, 0.15) is 98.3 Å². The molecule has 2 fully saturated rings. The summed E-state index contributed by atoms with van der Waals surface area (Å²) in [6.45, 7) is 5.69. The molecule has 5 N–H and O–H groups in total. The Balaban J connectivity index is 0.00000500. The Morgan fingerprint density at radius 1 is 1.19 bits per heavy atom. The van der Waals surface area contributed by atoms with E-state index in [1.54, 1.807) is 4.90 Å². The van der Waals surface area contributed by atoms with Crippen LogP contribution in [-0.2, 0) is 23.8 Å². The number of carbonyl (C=O) groups is 2. The molecule has 0 aromatic heterocycles. The van der Waals surface area contributed by atoms with Crippen LogP contribution < -0.4 is 20.3 Å². The lowest BCUT2D eigenvalue weighted by Crippen LogP contribution is -2.76. The molecule has 268 valence electrons. The van der Waals surface area contributed by atoms with Crippen LogP contribution in [0.15, 0.2) is 12.2 Å². The molecule has 5 aliphatic rings. The molecule has 5 heterocycles. The van der Waals surface area contributed by atoms with Gasteiger partial charge in [0.05, 0.1) is 36.8 Å². The van der Waals surface area contributed by atoms with E-state index in [4.69, 9.17) is 37.8 Å². The number of esters is 1. The lowest BCUT2D eigenvalue weighted by molar-refractivity contribution is -0.609. The third kappa shape index (κ3) is 8.93. The molecule has 5 aliphatic heterocycles. The van der Waals surface area contributed by atoms with Gasteiger partial charge < -0.3 is 24.2 Å². The third-order valence-electron chi connectivity index (χ3n) is 10.2. The maximum atomic E-state index is 14.1. The number of amides is 1. The highest BCUT2D eigenvalue weighted by atomic mass is 35.5. The van der Waals surface area contributed by atoms with Crippen molar-refractivity contribution in [3.63, 3.8) is 0 Å². The average molecular weight is 705 g/mol. The smallest absolute Gasteiger partial charge is 0.350 e. The van der Waals surface area contributed by atoms with Gasteiger partial charge in [-0.15, -0.1) is 0 Å². The first-order chi connectivity index (χ1) is 22.2. The van der Waals surface area contributed by atoms with E-state index in [1.165, 1.54) is 0 Å². The van der Waals surface area contributed by atoms with Gasteiger partial charge in [0.2, 0.25) is 11.6 Å². The molecular formula is C33H57Cl2N6O6+. The number of guanidine groups is 1. The topological polar surface area (TPSA) is 136 Å². The van der Waals surface area contributed by atoms with E-state index < -0.39 is 23.5 Å². The van der Waals surface area contributed by atoms with Gasteiger partial charge in [-0.05, 0) is 81.8 Å². The number of allylic oxidation sites excluding steroid dienone is 1. The second-order valence-corrected chi connectivity index (χ2v) is 14.1. The summed E-state index contributed by atoms with van der Waals surface area (Å²) in [7, 11) is 0. The average Bonchev–Trinajstić information content (AvgIpc) is 3.33. The molecule has 2 spiro atoms. The zero-order valence-electron chi connectivity index (χ0n) is 27.3. The minimum atomic E-state index is -0.913. The van der Waals surface area contributed by atoms with Gasteiger partial charge >= 0.3 is 11.9 Å². The van der Waals surface area contributed by atoms with Crippen LogP contribution in [0.4, 0.5) is 0 Å². The highest BCUT2D eigenvalue weighted by Crippen LogP contribution is 2.45. The van der Waals surface area contributed by atoms with E-state index in [9.17, 15) is 14.7 Å². The molecule has 0 aromatic carbocycles. The molecule has 0 radical (unpaired) electrons. The molecule has 5 rings (SSSR count). The Labute approximate surface area is 290 Å². The van der Waals surface area contributed by atoms with Gasteiger partial charge in [-0.2, -0.15) is 0 Å². The predicted octanol–water partition coefficient (Wildman–Crippen LogP) is 3.25. The van der Waals surface area contributed by atoms with E-state index >= 15 is 0 Å². The van der Waals surface area contributed by atoms with E-state index in [0.29, 0.717) is 38.9 Å². The van der Waals surface area contributed by atoms with Crippen molar-refractivity contribution in [2.45, 2.75) is 140 Å². The first kappa shape index (κ1) is 38.1. The summed E-state index contributed by atoms with van der Waals surface area (Å²) in [5.41, 5.74) is -1.39. The van der Waals surface area contributed by atoms with Crippen LogP contribution in [0.3, 0.4) is 0 Å². The number of nitrogens with one attached hydrogen (secondary N) is 4. The van der Waals surface area contributed by atoms with E-state index in [1.807, 2.05) is 0 Å². The van der Waals surface area contributed by atoms with Crippen molar-refractivity contribution in [1.29, 1.82) is 0 Å². The number of nitrogens with zero attached hydrogens (tertiary/aromatic N) is 2. The molecule has 12 nitrogen and oxygen atoms in total. The second kappa shape index (κ2) is 17.3. The van der Waals surface area contributed by atoms with Gasteiger partial charge in [0.25, 0.3) is 0 Å². The Hall–Kier alpha value is -1.67.